The molecule has 0 aliphatic carbocycles. The van der Waals surface area contributed by atoms with E-state index >= 15 is 0 Å². The molecule has 3 aromatic heterocycles. The minimum Gasteiger partial charge on any atom is -0.349 e. The Balaban J connectivity index is -0.000000124. The standard InChI is InChI=1S/C10H16N2.C10H15N.C9H13N.C7H12N2.C6H11N3S.C6H11N3.C6H10N2.C5H9N3S.C5H9N3.9CH4/c1-7-8(2)11(5)10(4)12(6)9(7)3;1-7(2)10-6-8(3)11(5)9(10)4;1-6-7(2)9(4)10(5)8(6)3;1-5-6(2)8-9(4)7(5)3;1-5-8(3)9(4)6(7-2)10-5;1-5-7-9(4)6(2)8(5)3;1-5-4-6(2)8(3)7-5;1-4-7-9-5(6-2)8(4)3;1-4-5(2)8(3)7-6-4;;;;;;;;;/h2,4H2,1,3,5-6H3;3-4,6H2,1-2,5H3;3-4H2,1-2,5H3;1-4H3;1H2,2-4H3;2H2,1,3-4H3;4,7H,2H2,1,3H3;1-3H3;4H,2H2,1,3H3;9*1H4. The van der Waals surface area contributed by atoms with Crippen LogP contribution in [0.1, 0.15) is 156 Å². The van der Waals surface area contributed by atoms with E-state index in [1.807, 2.05) is 164 Å². The molecule has 546 valence electrons. The van der Waals surface area contributed by atoms with Crippen molar-refractivity contribution in [2.45, 2.75) is 169 Å². The van der Waals surface area contributed by atoms with Crippen molar-refractivity contribution in [1.82, 2.24) is 73.4 Å². The molecule has 3 aromatic rings. The summed E-state index contributed by atoms with van der Waals surface area (Å²) in [5, 5.41) is 29.4. The van der Waals surface area contributed by atoms with E-state index < -0.39 is 0 Å². The molecule has 95 heavy (non-hydrogen) atoms. The van der Waals surface area contributed by atoms with Crippen LogP contribution in [-0.4, -0.2) is 163 Å². The highest BCUT2D eigenvalue weighted by atomic mass is 32.2. The lowest BCUT2D eigenvalue weighted by molar-refractivity contribution is 0.182. The van der Waals surface area contributed by atoms with Crippen molar-refractivity contribution in [3.05, 3.63) is 181 Å². The third kappa shape index (κ3) is 28.5. The van der Waals surface area contributed by atoms with Crippen LogP contribution in [0.4, 0.5) is 0 Å². The van der Waals surface area contributed by atoms with Gasteiger partial charge in [-0.2, -0.15) is 19.7 Å². The number of nitrogens with one attached hydrogen (secondary N) is 1. The largest absolute Gasteiger partial charge is 0.349 e. The van der Waals surface area contributed by atoms with Crippen molar-refractivity contribution in [2.75, 3.05) is 77.5 Å². The van der Waals surface area contributed by atoms with Gasteiger partial charge in [-0.15, -0.1) is 0 Å². The van der Waals surface area contributed by atoms with Gasteiger partial charge in [0.1, 0.15) is 29.3 Å². The second-order valence-electron chi connectivity index (χ2n) is 21.4. The number of likely N-dealkylation sites (N-methyl/N-ethyl adjacent to an activating group) is 4. The van der Waals surface area contributed by atoms with Gasteiger partial charge in [-0.1, -0.05) is 143 Å². The van der Waals surface area contributed by atoms with Gasteiger partial charge in [-0.25, -0.2) is 0 Å². The van der Waals surface area contributed by atoms with Crippen molar-refractivity contribution < 1.29 is 0 Å². The predicted octanol–water partition coefficient (Wildman–Crippen LogP) is 16.4. The third-order valence-corrected chi connectivity index (χ3v) is 17.8. The molecule has 0 saturated carbocycles. The van der Waals surface area contributed by atoms with E-state index in [9.17, 15) is 0 Å². The van der Waals surface area contributed by atoms with Crippen LogP contribution in [0.15, 0.2) is 157 Å². The fourth-order valence-electron chi connectivity index (χ4n) is 7.84. The van der Waals surface area contributed by atoms with Crippen molar-refractivity contribution in [1.29, 1.82) is 0 Å². The normalized spacial score (nSPS) is 15.9. The van der Waals surface area contributed by atoms with Gasteiger partial charge in [-0.05, 0) is 136 Å². The molecule has 0 bridgehead atoms. The Morgan fingerprint density at radius 1 is 0.589 bits per heavy atom. The molecule has 6 aliphatic rings. The Morgan fingerprint density at radius 3 is 1.26 bits per heavy atom. The summed E-state index contributed by atoms with van der Waals surface area (Å²) in [6, 6.07) is 0.181. The lowest BCUT2D eigenvalue weighted by Crippen LogP contribution is -2.33. The molecule has 0 spiro atoms. The monoisotopic (exact) mass is 1360 g/mol. The first-order chi connectivity index (χ1) is 39.6. The zero-order valence-corrected chi connectivity index (χ0v) is 59.4. The first kappa shape index (κ1) is 106. The first-order valence-electron chi connectivity index (χ1n) is 27.9. The Bertz CT molecular complexity index is 3310. The molecular formula is C73H142N20S2. The Labute approximate surface area is 592 Å². The molecule has 22 heteroatoms. The molecule has 20 nitrogen and oxygen atoms in total. The van der Waals surface area contributed by atoms with E-state index in [1.165, 1.54) is 56.3 Å². The van der Waals surface area contributed by atoms with Gasteiger partial charge in [0.2, 0.25) is 4.80 Å². The van der Waals surface area contributed by atoms with Gasteiger partial charge < -0.3 is 34.2 Å². The van der Waals surface area contributed by atoms with E-state index in [0.29, 0.717) is 0 Å². The number of likely N-dealkylation sites (tertiary alicyclic amines) is 1. The maximum atomic E-state index is 4.23. The number of allylic oxidation sites excluding steroid dienone is 7. The highest BCUT2D eigenvalue weighted by Gasteiger charge is 2.24. The summed E-state index contributed by atoms with van der Waals surface area (Å²) >= 11 is 3.01. The Hall–Kier alpha value is -7.98. The maximum absolute atomic E-state index is 4.23. The maximum Gasteiger partial charge on any atom is 0.203 e. The molecule has 1 unspecified atom stereocenters. The number of aliphatic imine (C=N–C) groups is 1. The Kier molecular flexibility index (Phi) is 52.3. The van der Waals surface area contributed by atoms with E-state index in [0.717, 1.165) is 95.3 Å². The summed E-state index contributed by atoms with van der Waals surface area (Å²) < 4.78 is 9.99. The molecule has 1 N–H and O–H groups in total. The van der Waals surface area contributed by atoms with Gasteiger partial charge >= 0.3 is 0 Å². The Morgan fingerprint density at radius 2 is 1.08 bits per heavy atom. The summed E-state index contributed by atoms with van der Waals surface area (Å²) in [6.07, 6.45) is 2.97. The number of nitrogens with zero attached hydrogens (tertiary/aromatic N) is 19. The van der Waals surface area contributed by atoms with Crippen LogP contribution < -0.4 is 20.9 Å². The average Bonchev–Trinajstić information content (AvgIpc) is 1.81. The number of hydrazone groups is 1. The van der Waals surface area contributed by atoms with Crippen molar-refractivity contribution in [3.63, 3.8) is 0 Å². The van der Waals surface area contributed by atoms with Crippen molar-refractivity contribution in [2.24, 2.45) is 46.6 Å². The van der Waals surface area contributed by atoms with Gasteiger partial charge in [0.25, 0.3) is 0 Å². The topological polar surface area (TPSA) is 144 Å². The van der Waals surface area contributed by atoms with Gasteiger partial charge in [0, 0.05) is 161 Å². The first-order valence-corrected chi connectivity index (χ1v) is 29.5. The van der Waals surface area contributed by atoms with E-state index in [-0.39, 0.29) is 72.9 Å². The summed E-state index contributed by atoms with van der Waals surface area (Å²) in [7, 11) is 27.0. The van der Waals surface area contributed by atoms with Crippen LogP contribution >= 0.6 is 23.3 Å². The molecule has 2 saturated heterocycles. The smallest absolute Gasteiger partial charge is 0.203 e. The quantitative estimate of drug-likeness (QED) is 0.228. The van der Waals surface area contributed by atoms with Crippen LogP contribution in [0.25, 0.3) is 13.2 Å². The van der Waals surface area contributed by atoms with E-state index in [4.69, 9.17) is 0 Å². The van der Waals surface area contributed by atoms with Gasteiger partial charge in [-0.3, -0.25) is 39.7 Å². The number of hydrazine groups is 2. The fourth-order valence-corrected chi connectivity index (χ4v) is 9.32. The number of hydrogen-bond acceptors (Lipinski definition) is 18. The SMILES string of the molecule is C.C.C.C.C.C.C.C.C.C=C1C(C)=C(C)N(C)C(=C)N1C.C=C1C(C)N=NN1C.C=C1C=C(C)NN1C.C=C1CC(=C(C)C)C(=C)N1C.C=C1N(C)N=C(C)N1C.C=C1SC(=NC)N(C)N1C.C=c1c(C)c(C)c(=C)n1C.CN=c1snc(C)n1C.Cc1nn(C)c(C)c1C. The number of hydrogen-bond donors (Lipinski definition) is 1. The number of aryl methyl sites for hydroxylation is 3. The molecule has 2 fully saturated rings. The summed E-state index contributed by atoms with van der Waals surface area (Å²) in [6.45, 7) is 65.6. The third-order valence-electron chi connectivity index (χ3n) is 15.6. The summed E-state index contributed by atoms with van der Waals surface area (Å²) in [5.41, 5.74) is 20.8. The van der Waals surface area contributed by atoms with Crippen LogP contribution in [-0.2, 0) is 21.1 Å². The lowest BCUT2D eigenvalue weighted by Gasteiger charge is -2.38. The number of aromatic nitrogens is 5. The molecule has 0 amide bonds. The molecule has 6 aliphatic heterocycles. The average molecular weight is 1360 g/mol. The number of amidine groups is 2. The zero-order valence-electron chi connectivity index (χ0n) is 57.7. The van der Waals surface area contributed by atoms with Crippen LogP contribution in [0.2, 0.25) is 0 Å². The fraction of sp³-hybridized carbons (Fsp3) is 0.521. The molecule has 9 heterocycles. The number of thioether (sulfide) groups is 1. The molecular weight excluding hydrogens is 1220 g/mol. The van der Waals surface area contributed by atoms with E-state index in [1.54, 1.807) is 35.9 Å². The van der Waals surface area contributed by atoms with Crippen LogP contribution in [0.3, 0.4) is 0 Å². The molecule has 0 aromatic carbocycles. The number of rotatable bonds is 0. The van der Waals surface area contributed by atoms with Gasteiger partial charge in [0.05, 0.1) is 22.1 Å². The van der Waals surface area contributed by atoms with Crippen molar-refractivity contribution >= 4 is 47.5 Å². The molecule has 9 rings (SSSR count). The highest BCUT2D eigenvalue weighted by molar-refractivity contribution is 8.17. The second kappa shape index (κ2) is 47.0. The van der Waals surface area contributed by atoms with Crippen LogP contribution in [0.5, 0.6) is 0 Å². The van der Waals surface area contributed by atoms with E-state index in [2.05, 4.69) is 171 Å². The second-order valence-corrected chi connectivity index (χ2v) is 23.2. The molecule has 0 radical (unpaired) electrons. The predicted molar refractivity (Wildman–Crippen MR) is 430 cm³/mol. The minimum absolute atomic E-state index is 0. The summed E-state index contributed by atoms with van der Waals surface area (Å²) in [4.78, 5) is 17.1. The minimum atomic E-state index is 0. The molecule has 1 atom stereocenters. The summed E-state index contributed by atoms with van der Waals surface area (Å²) in [5.74, 6) is 3.90. The van der Waals surface area contributed by atoms with Crippen molar-refractivity contribution in [3.8, 4) is 0 Å². The highest BCUT2D eigenvalue weighted by Crippen LogP contribution is 2.34. The van der Waals surface area contributed by atoms with Crippen LogP contribution in [0, 0.1) is 41.5 Å². The zero-order chi connectivity index (χ0) is 66.8. The lowest BCUT2D eigenvalue weighted by atomic mass is 10.1. The van der Waals surface area contributed by atoms with Gasteiger partial charge in [0.15, 0.2) is 5.17 Å².